The Kier molecular flexibility index (Phi) is 9.34. The lowest BCUT2D eigenvalue weighted by Gasteiger charge is -2.16. The molecule has 1 unspecified atom stereocenters. The first-order valence-electron chi connectivity index (χ1n) is 7.93. The third kappa shape index (κ3) is 7.99. The lowest BCUT2D eigenvalue weighted by molar-refractivity contribution is 0.458. The summed E-state index contributed by atoms with van der Waals surface area (Å²) in [5.41, 5.74) is 1.40. The van der Waals surface area contributed by atoms with Gasteiger partial charge < -0.3 is 5.32 Å². The van der Waals surface area contributed by atoms with Gasteiger partial charge in [0.25, 0.3) is 0 Å². The molecule has 0 bridgehead atoms. The van der Waals surface area contributed by atoms with Crippen molar-refractivity contribution in [2.24, 2.45) is 0 Å². The molecule has 0 saturated heterocycles. The van der Waals surface area contributed by atoms with Gasteiger partial charge in [-0.15, -0.1) is 0 Å². The van der Waals surface area contributed by atoms with E-state index in [2.05, 4.69) is 36.4 Å². The molecule has 0 fully saturated rings. The van der Waals surface area contributed by atoms with Crippen LogP contribution in [-0.4, -0.2) is 18.1 Å². The highest BCUT2D eigenvalue weighted by atomic mass is 14.9. The predicted molar refractivity (Wildman–Crippen MR) is 83.4 cm³/mol. The number of unbranched alkanes of at least 4 members (excludes halogenated alkanes) is 5. The highest BCUT2D eigenvalue weighted by molar-refractivity contribution is 5.09. The average molecular weight is 262 g/mol. The summed E-state index contributed by atoms with van der Waals surface area (Å²) in [5, 5.41) is 3.46. The van der Waals surface area contributed by atoms with Crippen LogP contribution in [0.1, 0.15) is 63.9 Å². The Morgan fingerprint density at radius 1 is 1.00 bits per heavy atom. The highest BCUT2D eigenvalue weighted by Gasteiger charge is 2.06. The van der Waals surface area contributed by atoms with E-state index in [1.165, 1.54) is 56.9 Å². The maximum absolute atomic E-state index is 4.06. The summed E-state index contributed by atoms with van der Waals surface area (Å²) in [4.78, 5) is 4.06. The summed E-state index contributed by atoms with van der Waals surface area (Å²) in [5.74, 6) is 0. The van der Waals surface area contributed by atoms with Crippen molar-refractivity contribution in [1.29, 1.82) is 0 Å². The van der Waals surface area contributed by atoms with Gasteiger partial charge in [-0.2, -0.15) is 0 Å². The third-order valence-corrected chi connectivity index (χ3v) is 3.85. The van der Waals surface area contributed by atoms with Crippen LogP contribution >= 0.6 is 0 Å². The van der Waals surface area contributed by atoms with E-state index in [1.54, 1.807) is 0 Å². The number of hydrogen-bond donors (Lipinski definition) is 1. The summed E-state index contributed by atoms with van der Waals surface area (Å²) in [6.07, 6.45) is 15.8. The Labute approximate surface area is 119 Å². The molecule has 0 aliphatic carbocycles. The van der Waals surface area contributed by atoms with Crippen molar-refractivity contribution in [1.82, 2.24) is 10.3 Å². The van der Waals surface area contributed by atoms with Gasteiger partial charge in [0, 0.05) is 18.4 Å². The molecule has 0 amide bonds. The largest absolute Gasteiger partial charge is 0.317 e. The Morgan fingerprint density at radius 3 is 2.37 bits per heavy atom. The molecule has 1 N–H and O–H groups in total. The zero-order chi connectivity index (χ0) is 13.8. The number of rotatable bonds is 11. The molecule has 1 aromatic rings. The van der Waals surface area contributed by atoms with Crippen LogP contribution < -0.4 is 5.32 Å². The number of nitrogens with one attached hydrogen (secondary N) is 1. The number of hydrogen-bond acceptors (Lipinski definition) is 2. The van der Waals surface area contributed by atoms with Crippen LogP contribution in [0.2, 0.25) is 0 Å². The molecule has 1 aromatic heterocycles. The molecule has 0 spiro atoms. The lowest BCUT2D eigenvalue weighted by Crippen LogP contribution is -2.25. The van der Waals surface area contributed by atoms with E-state index in [9.17, 15) is 0 Å². The molecule has 1 rings (SSSR count). The number of nitrogens with zero attached hydrogens (tertiary/aromatic N) is 1. The minimum absolute atomic E-state index is 0.666. The SMILES string of the molecule is CCCCCCCCC(CCc1ccncc1)NC. The topological polar surface area (TPSA) is 24.9 Å². The van der Waals surface area contributed by atoms with Crippen molar-refractivity contribution in [3.63, 3.8) is 0 Å². The third-order valence-electron chi connectivity index (χ3n) is 3.85. The average Bonchev–Trinajstić information content (AvgIpc) is 2.47. The van der Waals surface area contributed by atoms with E-state index in [4.69, 9.17) is 0 Å². The van der Waals surface area contributed by atoms with Crippen LogP contribution in [0.25, 0.3) is 0 Å². The van der Waals surface area contributed by atoms with Crippen LogP contribution in [-0.2, 0) is 6.42 Å². The maximum atomic E-state index is 4.06. The Bertz CT molecular complexity index is 297. The summed E-state index contributed by atoms with van der Waals surface area (Å²) in [7, 11) is 2.09. The molecule has 1 heterocycles. The molecule has 2 heteroatoms. The second-order valence-electron chi connectivity index (χ2n) is 5.44. The van der Waals surface area contributed by atoms with E-state index in [1.807, 2.05) is 12.4 Å². The fourth-order valence-electron chi connectivity index (χ4n) is 2.49. The monoisotopic (exact) mass is 262 g/mol. The normalized spacial score (nSPS) is 12.5. The second-order valence-corrected chi connectivity index (χ2v) is 5.44. The zero-order valence-electron chi connectivity index (χ0n) is 12.7. The molecular weight excluding hydrogens is 232 g/mol. The van der Waals surface area contributed by atoms with Crippen LogP contribution in [0.15, 0.2) is 24.5 Å². The summed E-state index contributed by atoms with van der Waals surface area (Å²) in [6.45, 7) is 2.27. The van der Waals surface area contributed by atoms with Gasteiger partial charge in [0.05, 0.1) is 0 Å². The molecule has 0 aliphatic rings. The fourth-order valence-corrected chi connectivity index (χ4v) is 2.49. The molecule has 1 atom stereocenters. The van der Waals surface area contributed by atoms with Gasteiger partial charge in [-0.1, -0.05) is 45.4 Å². The van der Waals surface area contributed by atoms with Crippen LogP contribution in [0.5, 0.6) is 0 Å². The van der Waals surface area contributed by atoms with Crippen molar-refractivity contribution in [3.8, 4) is 0 Å². The molecule has 0 aliphatic heterocycles. The predicted octanol–water partition coefficient (Wildman–Crippen LogP) is 4.35. The van der Waals surface area contributed by atoms with Crippen LogP contribution in [0, 0.1) is 0 Å². The van der Waals surface area contributed by atoms with Gasteiger partial charge in [0.1, 0.15) is 0 Å². The molecule has 0 aromatic carbocycles. The molecule has 0 saturated carbocycles. The van der Waals surface area contributed by atoms with Crippen molar-refractivity contribution in [2.75, 3.05) is 7.05 Å². The smallest absolute Gasteiger partial charge is 0.0270 e. The first-order chi connectivity index (χ1) is 9.36. The lowest BCUT2D eigenvalue weighted by atomic mass is 10.0. The van der Waals surface area contributed by atoms with Crippen LogP contribution in [0.3, 0.4) is 0 Å². The standard InChI is InChI=1S/C17H30N2/c1-3-4-5-6-7-8-9-17(18-2)11-10-16-12-14-19-15-13-16/h12-15,17-18H,3-11H2,1-2H3. The fraction of sp³-hybridized carbons (Fsp3) is 0.706. The summed E-state index contributed by atoms with van der Waals surface area (Å²) < 4.78 is 0. The molecule has 19 heavy (non-hydrogen) atoms. The van der Waals surface area contributed by atoms with Crippen molar-refractivity contribution < 1.29 is 0 Å². The number of pyridine rings is 1. The molecule has 108 valence electrons. The minimum Gasteiger partial charge on any atom is -0.317 e. The molecular formula is C17H30N2. The van der Waals surface area contributed by atoms with Gasteiger partial charge in [-0.05, 0) is 44.0 Å². The second kappa shape index (κ2) is 11.0. The van der Waals surface area contributed by atoms with E-state index in [-0.39, 0.29) is 0 Å². The maximum Gasteiger partial charge on any atom is 0.0270 e. The molecule has 0 radical (unpaired) electrons. The minimum atomic E-state index is 0.666. The van der Waals surface area contributed by atoms with Gasteiger partial charge in [-0.3, -0.25) is 4.98 Å². The molecule has 2 nitrogen and oxygen atoms in total. The van der Waals surface area contributed by atoms with E-state index in [0.717, 1.165) is 6.42 Å². The Morgan fingerprint density at radius 2 is 1.68 bits per heavy atom. The van der Waals surface area contributed by atoms with E-state index in [0.29, 0.717) is 6.04 Å². The quantitative estimate of drug-likeness (QED) is 0.600. The Balaban J connectivity index is 2.09. The van der Waals surface area contributed by atoms with Crippen molar-refractivity contribution >= 4 is 0 Å². The van der Waals surface area contributed by atoms with Gasteiger partial charge in [0.15, 0.2) is 0 Å². The number of aromatic nitrogens is 1. The van der Waals surface area contributed by atoms with E-state index >= 15 is 0 Å². The van der Waals surface area contributed by atoms with Crippen molar-refractivity contribution in [3.05, 3.63) is 30.1 Å². The van der Waals surface area contributed by atoms with Gasteiger partial charge in [-0.25, -0.2) is 0 Å². The summed E-state index contributed by atoms with van der Waals surface area (Å²) in [6, 6.07) is 4.91. The first-order valence-corrected chi connectivity index (χ1v) is 7.93. The zero-order valence-corrected chi connectivity index (χ0v) is 12.7. The highest BCUT2D eigenvalue weighted by Crippen LogP contribution is 2.12. The van der Waals surface area contributed by atoms with Gasteiger partial charge in [0.2, 0.25) is 0 Å². The first kappa shape index (κ1) is 16.2. The van der Waals surface area contributed by atoms with Crippen molar-refractivity contribution in [2.45, 2.75) is 70.8 Å². The number of aryl methyl sites for hydroxylation is 1. The van der Waals surface area contributed by atoms with Crippen LogP contribution in [0.4, 0.5) is 0 Å². The van der Waals surface area contributed by atoms with Gasteiger partial charge >= 0.3 is 0 Å². The summed E-state index contributed by atoms with van der Waals surface area (Å²) >= 11 is 0. The Hall–Kier alpha value is -0.890. The van der Waals surface area contributed by atoms with E-state index < -0.39 is 0 Å².